The van der Waals surface area contributed by atoms with Crippen molar-refractivity contribution in [2.45, 2.75) is 57.0 Å². The van der Waals surface area contributed by atoms with Crippen molar-refractivity contribution in [3.8, 4) is 0 Å². The number of aliphatic hydroxyl groups is 2. The smallest absolute Gasteiger partial charge is 0.129 e. The highest BCUT2D eigenvalue weighted by Crippen LogP contribution is 2.71. The van der Waals surface area contributed by atoms with Crippen molar-refractivity contribution in [2.24, 2.45) is 22.7 Å². The summed E-state index contributed by atoms with van der Waals surface area (Å²) >= 11 is 0. The van der Waals surface area contributed by atoms with E-state index in [-0.39, 0.29) is 17.4 Å². The Kier molecular flexibility index (Phi) is 2.68. The van der Waals surface area contributed by atoms with Crippen LogP contribution in [0.4, 0.5) is 0 Å². The van der Waals surface area contributed by atoms with Crippen molar-refractivity contribution in [1.82, 2.24) is 0 Å². The molecule has 2 unspecified atom stereocenters. The van der Waals surface area contributed by atoms with Crippen molar-refractivity contribution in [1.29, 1.82) is 0 Å². The van der Waals surface area contributed by atoms with E-state index in [4.69, 9.17) is 4.42 Å². The summed E-state index contributed by atoms with van der Waals surface area (Å²) in [5, 5.41) is 20.7. The summed E-state index contributed by atoms with van der Waals surface area (Å²) in [5.74, 6) is 2.47. The Morgan fingerprint density at radius 1 is 1.30 bits per heavy atom. The second-order valence-corrected chi connectivity index (χ2v) is 8.86. The van der Waals surface area contributed by atoms with Gasteiger partial charge in [-0.3, -0.25) is 0 Å². The minimum Gasteiger partial charge on any atom is -0.465 e. The molecule has 1 heterocycles. The highest BCUT2D eigenvalue weighted by Gasteiger charge is 2.65. The molecule has 3 heteroatoms. The number of aliphatic hydroxyl groups excluding tert-OH is 1. The van der Waals surface area contributed by atoms with Gasteiger partial charge >= 0.3 is 0 Å². The van der Waals surface area contributed by atoms with E-state index >= 15 is 0 Å². The minimum atomic E-state index is -0.836. The van der Waals surface area contributed by atoms with E-state index in [0.717, 1.165) is 31.4 Å². The Balaban J connectivity index is 1.58. The van der Waals surface area contributed by atoms with Crippen LogP contribution in [0.3, 0.4) is 0 Å². The molecule has 124 valence electrons. The fourth-order valence-electron chi connectivity index (χ4n) is 7.06. The average Bonchev–Trinajstić information content (AvgIpc) is 3.09. The van der Waals surface area contributed by atoms with Gasteiger partial charge in [-0.15, -0.1) is 0 Å². The fraction of sp³-hybridized carbons (Fsp3) is 0.700. The molecular weight excluding hydrogens is 288 g/mol. The van der Waals surface area contributed by atoms with Crippen LogP contribution < -0.4 is 0 Å². The molecule has 1 spiro atoms. The van der Waals surface area contributed by atoms with E-state index < -0.39 is 5.60 Å². The zero-order chi connectivity index (χ0) is 15.9. The molecule has 3 fully saturated rings. The van der Waals surface area contributed by atoms with Crippen molar-refractivity contribution >= 4 is 6.08 Å². The highest BCUT2D eigenvalue weighted by atomic mass is 16.3. The Labute approximate surface area is 137 Å². The lowest BCUT2D eigenvalue weighted by atomic mass is 9.46. The SMILES string of the molecule is C[C@]12C=Cc3occc3C1CC[C@@]13C[C@@H](CCC12)[C@@](O)(CO)C3. The lowest BCUT2D eigenvalue weighted by molar-refractivity contribution is -0.0517. The van der Waals surface area contributed by atoms with Gasteiger partial charge in [0.15, 0.2) is 0 Å². The third-order valence-corrected chi connectivity index (χ3v) is 8.02. The minimum absolute atomic E-state index is 0.0754. The second-order valence-electron chi connectivity index (χ2n) is 8.86. The molecule has 3 saturated carbocycles. The van der Waals surface area contributed by atoms with Crippen molar-refractivity contribution in [3.63, 3.8) is 0 Å². The van der Waals surface area contributed by atoms with Crippen LogP contribution in [-0.4, -0.2) is 22.4 Å². The topological polar surface area (TPSA) is 53.6 Å². The van der Waals surface area contributed by atoms with Crippen molar-refractivity contribution < 1.29 is 14.6 Å². The van der Waals surface area contributed by atoms with Gasteiger partial charge in [0.2, 0.25) is 0 Å². The van der Waals surface area contributed by atoms with Crippen LogP contribution in [0.15, 0.2) is 22.8 Å². The first-order chi connectivity index (χ1) is 11.0. The first-order valence-electron chi connectivity index (χ1n) is 9.11. The lowest BCUT2D eigenvalue weighted by Crippen LogP contribution is -2.49. The summed E-state index contributed by atoms with van der Waals surface area (Å²) < 4.78 is 5.64. The number of hydrogen-bond acceptors (Lipinski definition) is 3. The molecule has 0 aliphatic heterocycles. The monoisotopic (exact) mass is 314 g/mol. The zero-order valence-corrected chi connectivity index (χ0v) is 13.8. The molecule has 0 radical (unpaired) electrons. The van der Waals surface area contributed by atoms with Gasteiger partial charge in [0.05, 0.1) is 18.5 Å². The third kappa shape index (κ3) is 1.63. The number of allylic oxidation sites excluding steroid dienone is 1. The number of rotatable bonds is 1. The number of furan rings is 1. The maximum absolute atomic E-state index is 10.9. The summed E-state index contributed by atoms with van der Waals surface area (Å²) in [4.78, 5) is 0. The van der Waals surface area contributed by atoms with Crippen LogP contribution in [0.25, 0.3) is 6.08 Å². The van der Waals surface area contributed by atoms with Crippen molar-refractivity contribution in [3.05, 3.63) is 29.7 Å². The van der Waals surface area contributed by atoms with Crippen LogP contribution in [0.2, 0.25) is 0 Å². The van der Waals surface area contributed by atoms with E-state index in [0.29, 0.717) is 17.8 Å². The molecule has 5 rings (SSSR count). The van der Waals surface area contributed by atoms with Gasteiger partial charge in [0.25, 0.3) is 0 Å². The third-order valence-electron chi connectivity index (χ3n) is 8.02. The fourth-order valence-corrected chi connectivity index (χ4v) is 7.06. The van der Waals surface area contributed by atoms with Gasteiger partial charge < -0.3 is 14.6 Å². The molecule has 0 saturated heterocycles. The van der Waals surface area contributed by atoms with Gasteiger partial charge in [0, 0.05) is 5.56 Å². The normalized spacial score (nSPS) is 50.3. The first-order valence-corrected chi connectivity index (χ1v) is 9.11. The van der Waals surface area contributed by atoms with Gasteiger partial charge in [-0.05, 0) is 79.3 Å². The number of fused-ring (bicyclic) bond motifs is 5. The van der Waals surface area contributed by atoms with Crippen LogP contribution >= 0.6 is 0 Å². The van der Waals surface area contributed by atoms with Crippen LogP contribution in [0.1, 0.15) is 62.7 Å². The number of hydrogen-bond donors (Lipinski definition) is 2. The van der Waals surface area contributed by atoms with Crippen LogP contribution in [-0.2, 0) is 0 Å². The van der Waals surface area contributed by atoms with E-state index in [1.54, 1.807) is 0 Å². The molecule has 23 heavy (non-hydrogen) atoms. The van der Waals surface area contributed by atoms with Crippen LogP contribution in [0, 0.1) is 22.7 Å². The summed E-state index contributed by atoms with van der Waals surface area (Å²) in [7, 11) is 0. The molecular formula is C20H26O3. The Hall–Kier alpha value is -1.06. The average molecular weight is 314 g/mol. The Morgan fingerprint density at radius 2 is 2.17 bits per heavy atom. The predicted octanol–water partition coefficient (Wildman–Crippen LogP) is 3.72. The molecule has 2 bridgehead atoms. The zero-order valence-electron chi connectivity index (χ0n) is 13.8. The molecule has 2 N–H and O–H groups in total. The van der Waals surface area contributed by atoms with Gasteiger partial charge in [-0.25, -0.2) is 0 Å². The van der Waals surface area contributed by atoms with E-state index in [9.17, 15) is 10.2 Å². The Bertz CT molecular complexity index is 676. The summed E-state index contributed by atoms with van der Waals surface area (Å²) in [6, 6.07) is 2.16. The quantitative estimate of drug-likeness (QED) is 0.830. The first kappa shape index (κ1) is 14.3. The summed E-state index contributed by atoms with van der Waals surface area (Å²) in [5.41, 5.74) is 0.914. The Morgan fingerprint density at radius 3 is 3.00 bits per heavy atom. The molecule has 6 atom stereocenters. The van der Waals surface area contributed by atoms with Gasteiger partial charge in [-0.1, -0.05) is 13.0 Å². The summed E-state index contributed by atoms with van der Waals surface area (Å²) in [6.07, 6.45) is 12.9. The van der Waals surface area contributed by atoms with Crippen LogP contribution in [0.5, 0.6) is 0 Å². The van der Waals surface area contributed by atoms with E-state index in [1.165, 1.54) is 18.4 Å². The molecule has 4 aliphatic carbocycles. The molecule has 4 aliphatic rings. The molecule has 0 amide bonds. The summed E-state index contributed by atoms with van der Waals surface area (Å²) in [6.45, 7) is 2.35. The van der Waals surface area contributed by atoms with Gasteiger partial charge in [0.1, 0.15) is 5.76 Å². The largest absolute Gasteiger partial charge is 0.465 e. The van der Waals surface area contributed by atoms with E-state index in [2.05, 4.69) is 25.1 Å². The molecule has 0 aromatic carbocycles. The predicted molar refractivity (Wildman–Crippen MR) is 87.7 cm³/mol. The second kappa shape index (κ2) is 4.31. The maximum Gasteiger partial charge on any atom is 0.129 e. The molecule has 1 aromatic heterocycles. The highest BCUT2D eigenvalue weighted by molar-refractivity contribution is 5.55. The standard InChI is InChI=1S/C20H26O3/c1-18-7-5-16-14(6-9-23-16)15(18)4-8-19-10-13(2-3-17(18)19)20(22,11-19)12-21/h5-7,9,13,15,17,21-22H,2-4,8,10-12H2,1H3/t13-,15?,17?,18+,19+,20+/m1/s1. The lowest BCUT2D eigenvalue weighted by Gasteiger charge is -2.58. The molecule has 3 nitrogen and oxygen atoms in total. The van der Waals surface area contributed by atoms with Gasteiger partial charge in [-0.2, -0.15) is 0 Å². The maximum atomic E-state index is 10.9. The van der Waals surface area contributed by atoms with E-state index in [1.807, 2.05) is 6.26 Å². The molecule has 1 aromatic rings. The van der Waals surface area contributed by atoms with Crippen molar-refractivity contribution in [2.75, 3.05) is 6.61 Å².